The molecule has 4 nitrogen and oxygen atoms in total. The minimum Gasteiger partial charge on any atom is -0.348 e. The van der Waals surface area contributed by atoms with Gasteiger partial charge in [0, 0.05) is 52.2 Å². The van der Waals surface area contributed by atoms with Crippen LogP contribution in [0.2, 0.25) is 0 Å². The zero-order valence-corrected chi connectivity index (χ0v) is 22.0. The number of likely N-dealkylation sites (tertiary alicyclic amines) is 1. The van der Waals surface area contributed by atoms with Crippen molar-refractivity contribution in [1.82, 2.24) is 14.8 Å². The summed E-state index contributed by atoms with van der Waals surface area (Å²) in [6.45, 7) is 11.7. The lowest BCUT2D eigenvalue weighted by molar-refractivity contribution is 0.0951. The van der Waals surface area contributed by atoms with Gasteiger partial charge in [0.15, 0.2) is 0 Å². The molecule has 1 atom stereocenters. The van der Waals surface area contributed by atoms with E-state index in [-0.39, 0.29) is 5.91 Å². The number of rotatable bonds is 9. The Balaban J connectivity index is 1.50. The van der Waals surface area contributed by atoms with Gasteiger partial charge in [-0.25, -0.2) is 0 Å². The van der Waals surface area contributed by atoms with E-state index in [1.807, 2.05) is 17.8 Å². The van der Waals surface area contributed by atoms with Crippen molar-refractivity contribution >= 4 is 28.6 Å². The summed E-state index contributed by atoms with van der Waals surface area (Å²) in [4.78, 5) is 16.9. The standard InChI is InChI=1S/C29H39N3OS/c1-5-25-9-7-8-16-31(25)20-26-18-24-17-23(12-15-28(24)32(26)21(3)4)29(33)30-19-22-10-13-27(14-11-22)34-6-2/h10-15,17-18,21,25H,5-9,16,19-20H2,1-4H3,(H,30,33). The number of nitrogens with zero attached hydrogens (tertiary/aromatic N) is 2. The number of thioether (sulfide) groups is 1. The zero-order chi connectivity index (χ0) is 24.1. The third-order valence-electron chi connectivity index (χ3n) is 6.97. The summed E-state index contributed by atoms with van der Waals surface area (Å²) < 4.78 is 2.45. The minimum atomic E-state index is -0.0187. The average Bonchev–Trinajstić information content (AvgIpc) is 3.21. The smallest absolute Gasteiger partial charge is 0.251 e. The molecule has 0 spiro atoms. The van der Waals surface area contributed by atoms with E-state index in [1.54, 1.807) is 0 Å². The van der Waals surface area contributed by atoms with Gasteiger partial charge in [-0.2, -0.15) is 0 Å². The van der Waals surface area contributed by atoms with Crippen molar-refractivity contribution in [3.63, 3.8) is 0 Å². The molecular weight excluding hydrogens is 438 g/mol. The molecule has 1 aromatic heterocycles. The van der Waals surface area contributed by atoms with Gasteiger partial charge in [-0.05, 0) is 87.4 Å². The molecule has 0 radical (unpaired) electrons. The van der Waals surface area contributed by atoms with Crippen molar-refractivity contribution in [3.05, 3.63) is 65.4 Å². The third kappa shape index (κ3) is 5.69. The Morgan fingerprint density at radius 1 is 1.09 bits per heavy atom. The van der Waals surface area contributed by atoms with Crippen LogP contribution in [-0.4, -0.2) is 33.7 Å². The normalized spacial score (nSPS) is 16.9. The van der Waals surface area contributed by atoms with E-state index in [4.69, 9.17) is 0 Å². The first-order chi connectivity index (χ1) is 16.5. The monoisotopic (exact) mass is 477 g/mol. The Kier molecular flexibility index (Phi) is 8.38. The molecule has 1 aliphatic heterocycles. The van der Waals surface area contributed by atoms with Gasteiger partial charge in [-0.3, -0.25) is 9.69 Å². The van der Waals surface area contributed by atoms with Crippen LogP contribution in [0.15, 0.2) is 53.4 Å². The fourth-order valence-electron chi connectivity index (χ4n) is 5.26. The largest absolute Gasteiger partial charge is 0.348 e. The molecule has 1 amide bonds. The Morgan fingerprint density at radius 2 is 1.88 bits per heavy atom. The average molecular weight is 478 g/mol. The second kappa shape index (κ2) is 11.5. The van der Waals surface area contributed by atoms with Gasteiger partial charge in [0.1, 0.15) is 0 Å². The fraction of sp³-hybridized carbons (Fsp3) is 0.483. The Hall–Kier alpha value is -2.24. The fourth-order valence-corrected chi connectivity index (χ4v) is 5.92. The summed E-state index contributed by atoms with van der Waals surface area (Å²) >= 11 is 1.83. The van der Waals surface area contributed by atoms with Crippen LogP contribution in [0.25, 0.3) is 10.9 Å². The van der Waals surface area contributed by atoms with Gasteiger partial charge in [-0.15, -0.1) is 11.8 Å². The van der Waals surface area contributed by atoms with Gasteiger partial charge in [0.05, 0.1) is 0 Å². The molecule has 0 bridgehead atoms. The van der Waals surface area contributed by atoms with Crippen LogP contribution < -0.4 is 5.32 Å². The lowest BCUT2D eigenvalue weighted by Crippen LogP contribution is -2.39. The van der Waals surface area contributed by atoms with Crippen LogP contribution in [0.1, 0.15) is 81.0 Å². The molecule has 0 aliphatic carbocycles. The van der Waals surface area contributed by atoms with Crippen LogP contribution in [0.4, 0.5) is 0 Å². The van der Waals surface area contributed by atoms with Crippen molar-refractivity contribution in [2.24, 2.45) is 0 Å². The summed E-state index contributed by atoms with van der Waals surface area (Å²) in [5.41, 5.74) is 4.42. The number of hydrogen-bond donors (Lipinski definition) is 1. The molecule has 1 aliphatic rings. The molecule has 2 aromatic carbocycles. The number of piperidine rings is 1. The number of amides is 1. The van der Waals surface area contributed by atoms with Gasteiger partial charge >= 0.3 is 0 Å². The van der Waals surface area contributed by atoms with Crippen LogP contribution >= 0.6 is 11.8 Å². The van der Waals surface area contributed by atoms with Crippen molar-refractivity contribution in [3.8, 4) is 0 Å². The van der Waals surface area contributed by atoms with E-state index >= 15 is 0 Å². The van der Waals surface area contributed by atoms with Gasteiger partial charge in [0.2, 0.25) is 0 Å². The summed E-state index contributed by atoms with van der Waals surface area (Å²) in [6, 6.07) is 18.0. The first-order valence-corrected chi connectivity index (χ1v) is 13.9. The van der Waals surface area contributed by atoms with Gasteiger partial charge < -0.3 is 9.88 Å². The highest BCUT2D eigenvalue weighted by molar-refractivity contribution is 7.99. The summed E-state index contributed by atoms with van der Waals surface area (Å²) in [5, 5.41) is 4.25. The van der Waals surface area contributed by atoms with E-state index in [0.717, 1.165) is 28.8 Å². The van der Waals surface area contributed by atoms with Crippen LogP contribution in [0.5, 0.6) is 0 Å². The maximum absolute atomic E-state index is 12.9. The molecule has 34 heavy (non-hydrogen) atoms. The molecule has 4 rings (SSSR count). The van der Waals surface area contributed by atoms with Crippen molar-refractivity contribution in [2.75, 3.05) is 12.3 Å². The van der Waals surface area contributed by atoms with E-state index in [9.17, 15) is 4.79 Å². The lowest BCUT2D eigenvalue weighted by atomic mass is 10.00. The molecule has 5 heteroatoms. The van der Waals surface area contributed by atoms with Crippen molar-refractivity contribution in [2.45, 2.75) is 83.4 Å². The highest BCUT2D eigenvalue weighted by Gasteiger charge is 2.23. The number of benzene rings is 2. The zero-order valence-electron chi connectivity index (χ0n) is 21.1. The predicted molar refractivity (Wildman–Crippen MR) is 145 cm³/mol. The van der Waals surface area contributed by atoms with Crippen molar-refractivity contribution < 1.29 is 4.79 Å². The van der Waals surface area contributed by atoms with E-state index in [0.29, 0.717) is 18.6 Å². The second-order valence-corrected chi connectivity index (χ2v) is 11.0. The molecule has 182 valence electrons. The number of carbonyl (C=O) groups is 1. The highest BCUT2D eigenvalue weighted by Crippen LogP contribution is 2.29. The molecule has 1 unspecified atom stereocenters. The number of nitrogens with one attached hydrogen (secondary N) is 1. The third-order valence-corrected chi connectivity index (χ3v) is 7.86. The first-order valence-electron chi connectivity index (χ1n) is 12.9. The van der Waals surface area contributed by atoms with Crippen LogP contribution in [0, 0.1) is 0 Å². The molecular formula is C29H39N3OS. The number of carbonyl (C=O) groups excluding carboxylic acids is 1. The molecule has 3 aromatic rings. The summed E-state index contributed by atoms with van der Waals surface area (Å²) in [6.07, 6.45) is 5.17. The SMILES string of the molecule is CCSc1ccc(CNC(=O)c2ccc3c(c2)cc(CN2CCCCC2CC)n3C(C)C)cc1. The highest BCUT2D eigenvalue weighted by atomic mass is 32.2. The number of aromatic nitrogens is 1. The summed E-state index contributed by atoms with van der Waals surface area (Å²) in [5.74, 6) is 1.05. The lowest BCUT2D eigenvalue weighted by Gasteiger charge is -2.35. The van der Waals surface area contributed by atoms with Crippen molar-refractivity contribution in [1.29, 1.82) is 0 Å². The maximum atomic E-state index is 12.9. The maximum Gasteiger partial charge on any atom is 0.251 e. The topological polar surface area (TPSA) is 37.3 Å². The molecule has 1 fully saturated rings. The van der Waals surface area contributed by atoms with E-state index < -0.39 is 0 Å². The second-order valence-electron chi connectivity index (χ2n) is 9.66. The molecule has 0 saturated carbocycles. The van der Waals surface area contributed by atoms with E-state index in [1.165, 1.54) is 48.3 Å². The first kappa shape index (κ1) is 24.9. The molecule has 2 heterocycles. The Bertz CT molecular complexity index is 1100. The van der Waals surface area contributed by atoms with Crippen LogP contribution in [-0.2, 0) is 13.1 Å². The Labute approximate surface area is 209 Å². The number of fused-ring (bicyclic) bond motifs is 1. The predicted octanol–water partition coefficient (Wildman–Crippen LogP) is 7.03. The van der Waals surface area contributed by atoms with E-state index in [2.05, 4.69) is 84.9 Å². The van der Waals surface area contributed by atoms with Gasteiger partial charge in [-0.1, -0.05) is 32.4 Å². The molecule has 1 N–H and O–H groups in total. The minimum absolute atomic E-state index is 0.0187. The summed E-state index contributed by atoms with van der Waals surface area (Å²) in [7, 11) is 0. The number of hydrogen-bond acceptors (Lipinski definition) is 3. The molecule has 1 saturated heterocycles. The van der Waals surface area contributed by atoms with Crippen LogP contribution in [0.3, 0.4) is 0 Å². The Morgan fingerprint density at radius 3 is 2.59 bits per heavy atom. The van der Waals surface area contributed by atoms with Gasteiger partial charge in [0.25, 0.3) is 5.91 Å². The quantitative estimate of drug-likeness (QED) is 0.336.